The predicted molar refractivity (Wildman–Crippen MR) is 82.5 cm³/mol. The normalized spacial score (nSPS) is 15.0. The number of ether oxygens (including phenoxy) is 1. The molecule has 1 aromatic rings. The number of carbonyl (C=O) groups is 2. The first kappa shape index (κ1) is 18.8. The number of amides is 1. The van der Waals surface area contributed by atoms with E-state index in [1.165, 1.54) is 11.0 Å². The van der Waals surface area contributed by atoms with Gasteiger partial charge in [0.05, 0.1) is 31.4 Å². The number of hydrogen-bond donors (Lipinski definition) is 2. The summed E-state index contributed by atoms with van der Waals surface area (Å²) in [6.07, 6.45) is -4.54. The molecule has 0 saturated carbocycles. The van der Waals surface area contributed by atoms with E-state index in [4.69, 9.17) is 5.11 Å². The summed E-state index contributed by atoms with van der Waals surface area (Å²) in [5.41, 5.74) is -0.498. The number of benzene rings is 1. The average Bonchev–Trinajstić information content (AvgIpc) is 2.85. The zero-order valence-electron chi connectivity index (χ0n) is 13.6. The van der Waals surface area contributed by atoms with E-state index in [1.807, 2.05) is 0 Å². The molecule has 0 unspecified atom stereocenters. The van der Waals surface area contributed by atoms with Crippen molar-refractivity contribution in [2.24, 2.45) is 0 Å². The molecule has 0 aromatic heterocycles. The minimum absolute atomic E-state index is 0.00207. The van der Waals surface area contributed by atoms with Gasteiger partial charge in [-0.15, -0.1) is 0 Å². The molecule has 6 nitrogen and oxygen atoms in total. The van der Waals surface area contributed by atoms with E-state index in [-0.39, 0.29) is 36.7 Å². The lowest BCUT2D eigenvalue weighted by molar-refractivity contribution is -0.138. The highest BCUT2D eigenvalue weighted by molar-refractivity contribution is 6.08. The van der Waals surface area contributed by atoms with Crippen LogP contribution in [0, 0.1) is 6.92 Å². The molecule has 0 atom stereocenters. The predicted octanol–water partition coefficient (Wildman–Crippen LogP) is 1.69. The highest BCUT2D eigenvalue weighted by Gasteiger charge is 2.35. The number of methoxy groups -OCH3 is 1. The SMILES string of the molecule is COC(=O)C1=C(Nc2cc(C(F)(F)F)ccc2C)C(=O)N(CCO)C1. The number of rotatable bonds is 5. The molecule has 1 amide bonds. The maximum Gasteiger partial charge on any atom is 0.416 e. The highest BCUT2D eigenvalue weighted by atomic mass is 19.4. The summed E-state index contributed by atoms with van der Waals surface area (Å²) in [4.78, 5) is 25.5. The molecule has 9 heteroatoms. The van der Waals surface area contributed by atoms with Crippen molar-refractivity contribution < 1.29 is 32.6 Å². The lowest BCUT2D eigenvalue weighted by atomic mass is 10.1. The smallest absolute Gasteiger partial charge is 0.416 e. The summed E-state index contributed by atoms with van der Waals surface area (Å²) < 4.78 is 43.3. The van der Waals surface area contributed by atoms with Gasteiger partial charge in [0.1, 0.15) is 5.70 Å². The number of hydrogen-bond acceptors (Lipinski definition) is 5. The van der Waals surface area contributed by atoms with Crippen LogP contribution in [0.1, 0.15) is 11.1 Å². The number of carbonyl (C=O) groups excluding carboxylic acids is 2. The van der Waals surface area contributed by atoms with Gasteiger partial charge in [0.2, 0.25) is 0 Å². The lowest BCUT2D eigenvalue weighted by Crippen LogP contribution is -2.31. The molecule has 1 heterocycles. The Morgan fingerprint density at radius 1 is 1.40 bits per heavy atom. The molecule has 0 radical (unpaired) electrons. The number of esters is 1. The van der Waals surface area contributed by atoms with Gasteiger partial charge in [0.25, 0.3) is 5.91 Å². The first-order valence-corrected chi connectivity index (χ1v) is 7.35. The van der Waals surface area contributed by atoms with Crippen LogP contribution in [0.2, 0.25) is 0 Å². The summed E-state index contributed by atoms with van der Waals surface area (Å²) in [5.74, 6) is -1.35. The Bertz CT molecular complexity index is 729. The van der Waals surface area contributed by atoms with Gasteiger partial charge in [0, 0.05) is 12.2 Å². The Morgan fingerprint density at radius 3 is 2.64 bits per heavy atom. The minimum atomic E-state index is -4.54. The Kier molecular flexibility index (Phi) is 5.36. The number of aliphatic hydroxyl groups is 1. The van der Waals surface area contributed by atoms with Gasteiger partial charge in [-0.05, 0) is 24.6 Å². The van der Waals surface area contributed by atoms with E-state index in [0.29, 0.717) is 5.56 Å². The Balaban J connectivity index is 2.41. The molecule has 0 aliphatic carbocycles. The number of aliphatic hydroxyl groups excluding tert-OH is 1. The van der Waals surface area contributed by atoms with Crippen LogP contribution in [-0.4, -0.2) is 48.7 Å². The summed E-state index contributed by atoms with van der Waals surface area (Å²) in [6.45, 7) is 1.17. The third-order valence-corrected chi connectivity index (χ3v) is 3.78. The second-order valence-corrected chi connectivity index (χ2v) is 5.45. The number of β-amino-alcohol motifs (C(OH)–C–C–N with tert-alkyl or cyclic N) is 1. The number of anilines is 1. The highest BCUT2D eigenvalue weighted by Crippen LogP contribution is 2.33. The fraction of sp³-hybridized carbons (Fsp3) is 0.375. The molecule has 1 aliphatic rings. The Labute approximate surface area is 141 Å². The fourth-order valence-electron chi connectivity index (χ4n) is 2.42. The van der Waals surface area contributed by atoms with Crippen molar-refractivity contribution in [1.29, 1.82) is 0 Å². The van der Waals surface area contributed by atoms with Crippen LogP contribution in [0.4, 0.5) is 18.9 Å². The van der Waals surface area contributed by atoms with E-state index < -0.39 is 23.6 Å². The molecule has 136 valence electrons. The monoisotopic (exact) mass is 358 g/mol. The molecule has 2 N–H and O–H groups in total. The first-order valence-electron chi connectivity index (χ1n) is 7.35. The van der Waals surface area contributed by atoms with Crippen LogP contribution in [0.25, 0.3) is 0 Å². The van der Waals surface area contributed by atoms with Crippen LogP contribution in [0.3, 0.4) is 0 Å². The maximum absolute atomic E-state index is 12.9. The number of halogens is 3. The molecule has 0 fully saturated rings. The standard InChI is InChI=1S/C16H17F3N2O4/c1-9-3-4-10(16(17,18)19)7-12(9)20-13-11(15(24)25-2)8-21(5-6-22)14(13)23/h3-4,7,20,22H,5-6,8H2,1-2H3. The summed E-state index contributed by atoms with van der Waals surface area (Å²) >= 11 is 0. The van der Waals surface area contributed by atoms with Gasteiger partial charge in [-0.1, -0.05) is 6.07 Å². The summed E-state index contributed by atoms with van der Waals surface area (Å²) in [5, 5.41) is 11.6. The van der Waals surface area contributed by atoms with Gasteiger partial charge in [-0.25, -0.2) is 4.79 Å². The van der Waals surface area contributed by atoms with Crippen LogP contribution < -0.4 is 5.32 Å². The number of nitrogens with zero attached hydrogens (tertiary/aromatic N) is 1. The quantitative estimate of drug-likeness (QED) is 0.783. The van der Waals surface area contributed by atoms with Gasteiger partial charge in [0.15, 0.2) is 0 Å². The van der Waals surface area contributed by atoms with E-state index in [0.717, 1.165) is 19.2 Å². The van der Waals surface area contributed by atoms with Crippen molar-refractivity contribution in [3.05, 3.63) is 40.6 Å². The van der Waals surface area contributed by atoms with Crippen molar-refractivity contribution in [2.75, 3.05) is 32.1 Å². The van der Waals surface area contributed by atoms with E-state index in [2.05, 4.69) is 10.1 Å². The number of aryl methyl sites for hydroxylation is 1. The van der Waals surface area contributed by atoms with Crippen molar-refractivity contribution in [2.45, 2.75) is 13.1 Å². The van der Waals surface area contributed by atoms with Gasteiger partial charge in [-0.3, -0.25) is 4.79 Å². The molecular weight excluding hydrogens is 341 g/mol. The molecule has 0 spiro atoms. The van der Waals surface area contributed by atoms with Crippen molar-refractivity contribution in [1.82, 2.24) is 4.90 Å². The number of alkyl halides is 3. The van der Waals surface area contributed by atoms with Crippen LogP contribution in [0.15, 0.2) is 29.5 Å². The lowest BCUT2D eigenvalue weighted by Gasteiger charge is -2.16. The average molecular weight is 358 g/mol. The fourth-order valence-corrected chi connectivity index (χ4v) is 2.42. The molecule has 1 aliphatic heterocycles. The number of nitrogens with one attached hydrogen (secondary N) is 1. The topological polar surface area (TPSA) is 78.9 Å². The third kappa shape index (κ3) is 3.93. The largest absolute Gasteiger partial charge is 0.466 e. The Hall–Kier alpha value is -2.55. The molecule has 2 rings (SSSR count). The maximum atomic E-state index is 12.9. The summed E-state index contributed by atoms with van der Waals surface area (Å²) in [7, 11) is 1.14. The summed E-state index contributed by atoms with van der Waals surface area (Å²) in [6, 6.07) is 3.08. The van der Waals surface area contributed by atoms with E-state index in [9.17, 15) is 22.8 Å². The van der Waals surface area contributed by atoms with Crippen LogP contribution in [-0.2, 0) is 20.5 Å². The van der Waals surface area contributed by atoms with Crippen molar-refractivity contribution in [3.63, 3.8) is 0 Å². The molecule has 25 heavy (non-hydrogen) atoms. The molecule has 1 aromatic carbocycles. The van der Waals surface area contributed by atoms with Gasteiger partial charge < -0.3 is 20.1 Å². The van der Waals surface area contributed by atoms with Crippen molar-refractivity contribution >= 4 is 17.6 Å². The zero-order valence-corrected chi connectivity index (χ0v) is 13.6. The van der Waals surface area contributed by atoms with E-state index >= 15 is 0 Å². The van der Waals surface area contributed by atoms with Gasteiger partial charge >= 0.3 is 12.1 Å². The second kappa shape index (κ2) is 7.14. The minimum Gasteiger partial charge on any atom is -0.466 e. The van der Waals surface area contributed by atoms with Crippen molar-refractivity contribution in [3.8, 4) is 0 Å². The van der Waals surface area contributed by atoms with Crippen LogP contribution in [0.5, 0.6) is 0 Å². The molecular formula is C16H17F3N2O4. The van der Waals surface area contributed by atoms with E-state index in [1.54, 1.807) is 6.92 Å². The first-order chi connectivity index (χ1) is 11.7. The zero-order chi connectivity index (χ0) is 18.8. The third-order valence-electron chi connectivity index (χ3n) is 3.78. The van der Waals surface area contributed by atoms with Gasteiger partial charge in [-0.2, -0.15) is 13.2 Å². The molecule has 0 saturated heterocycles. The second-order valence-electron chi connectivity index (χ2n) is 5.45. The van der Waals surface area contributed by atoms with Crippen LogP contribution >= 0.6 is 0 Å². The Morgan fingerprint density at radius 2 is 2.08 bits per heavy atom. The molecule has 0 bridgehead atoms.